The Hall–Kier alpha value is -0.950. The first-order valence-corrected chi connectivity index (χ1v) is 8.39. The number of halogens is 2. The van der Waals surface area contributed by atoms with E-state index in [-0.39, 0.29) is 30.4 Å². The topological polar surface area (TPSA) is 68.0 Å². The van der Waals surface area contributed by atoms with Crippen molar-refractivity contribution >= 4 is 45.6 Å². The minimum absolute atomic E-state index is 0. The van der Waals surface area contributed by atoms with Gasteiger partial charge in [0.05, 0.1) is 11.7 Å². The van der Waals surface area contributed by atoms with Gasteiger partial charge in [-0.1, -0.05) is 28.1 Å². The van der Waals surface area contributed by atoms with Gasteiger partial charge in [0, 0.05) is 27.9 Å². The van der Waals surface area contributed by atoms with Gasteiger partial charge in [0.25, 0.3) is 0 Å². The Balaban J connectivity index is 0.00000242. The van der Waals surface area contributed by atoms with Crippen LogP contribution in [0.4, 0.5) is 0 Å². The summed E-state index contributed by atoms with van der Waals surface area (Å²) < 4.78 is 1.04. The van der Waals surface area contributed by atoms with Crippen LogP contribution in [0.5, 0.6) is 0 Å². The van der Waals surface area contributed by atoms with Crippen LogP contribution in [0.1, 0.15) is 31.3 Å². The first-order valence-electron chi connectivity index (χ1n) is 6.72. The number of thiazole rings is 1. The van der Waals surface area contributed by atoms with Gasteiger partial charge in [-0.25, -0.2) is 4.98 Å². The van der Waals surface area contributed by atoms with Crippen LogP contribution in [0.25, 0.3) is 11.3 Å². The van der Waals surface area contributed by atoms with Crippen LogP contribution in [0.3, 0.4) is 0 Å². The Morgan fingerprint density at radius 3 is 2.59 bits per heavy atom. The molecular weight excluding hydrogens is 386 g/mol. The SMILES string of the molecule is CC(N)CC(=O)NC(C)c1nc(-c2ccc(Br)cc2)cs1.Cl. The number of hydrogen-bond acceptors (Lipinski definition) is 4. The van der Waals surface area contributed by atoms with Crippen LogP contribution >= 0.6 is 39.7 Å². The first kappa shape index (κ1) is 19.1. The highest BCUT2D eigenvalue weighted by atomic mass is 79.9. The van der Waals surface area contributed by atoms with Crippen LogP contribution in [0.15, 0.2) is 34.1 Å². The third-order valence-corrected chi connectivity index (χ3v) is 4.47. The normalized spacial score (nSPS) is 13.1. The molecule has 2 rings (SSSR count). The van der Waals surface area contributed by atoms with E-state index >= 15 is 0 Å². The van der Waals surface area contributed by atoms with Gasteiger partial charge in [0.15, 0.2) is 0 Å². The quantitative estimate of drug-likeness (QED) is 0.794. The lowest BCUT2D eigenvalue weighted by Gasteiger charge is -2.12. The van der Waals surface area contributed by atoms with Gasteiger partial charge in [-0.3, -0.25) is 4.79 Å². The van der Waals surface area contributed by atoms with Crippen molar-refractivity contribution < 1.29 is 4.79 Å². The zero-order chi connectivity index (χ0) is 15.4. The van der Waals surface area contributed by atoms with Gasteiger partial charge < -0.3 is 11.1 Å². The molecule has 0 aliphatic rings. The second-order valence-corrected chi connectivity index (χ2v) is 6.85. The summed E-state index contributed by atoms with van der Waals surface area (Å²) in [7, 11) is 0. The van der Waals surface area contributed by atoms with Crippen LogP contribution in [-0.2, 0) is 4.79 Å². The van der Waals surface area contributed by atoms with E-state index in [1.807, 2.05) is 43.5 Å². The number of rotatable bonds is 5. The van der Waals surface area contributed by atoms with Gasteiger partial charge in [0.1, 0.15) is 5.01 Å². The third-order valence-electron chi connectivity index (χ3n) is 2.92. The van der Waals surface area contributed by atoms with E-state index in [0.29, 0.717) is 6.42 Å². The molecule has 0 saturated carbocycles. The van der Waals surface area contributed by atoms with E-state index in [1.54, 1.807) is 11.3 Å². The molecule has 22 heavy (non-hydrogen) atoms. The average Bonchev–Trinajstić information content (AvgIpc) is 2.88. The standard InChI is InChI=1S/C15H18BrN3OS.ClH/c1-9(17)7-14(20)18-10(2)15-19-13(8-21-15)11-3-5-12(16)6-4-11;/h3-6,8-10H,7,17H2,1-2H3,(H,18,20);1H. The number of carbonyl (C=O) groups excluding carboxylic acids is 1. The van der Waals surface area contributed by atoms with E-state index in [0.717, 1.165) is 20.7 Å². The number of amides is 1. The Labute approximate surface area is 149 Å². The first-order chi connectivity index (χ1) is 9.95. The Morgan fingerprint density at radius 2 is 2.00 bits per heavy atom. The summed E-state index contributed by atoms with van der Waals surface area (Å²) in [4.78, 5) is 16.3. The maximum atomic E-state index is 11.7. The zero-order valence-corrected chi connectivity index (χ0v) is 15.6. The number of nitrogens with one attached hydrogen (secondary N) is 1. The summed E-state index contributed by atoms with van der Waals surface area (Å²) in [6.07, 6.45) is 0.329. The molecule has 0 spiro atoms. The van der Waals surface area contributed by atoms with Crippen LogP contribution < -0.4 is 11.1 Å². The van der Waals surface area contributed by atoms with E-state index in [4.69, 9.17) is 5.73 Å². The molecule has 120 valence electrons. The fourth-order valence-electron chi connectivity index (χ4n) is 1.89. The highest BCUT2D eigenvalue weighted by Crippen LogP contribution is 2.26. The molecule has 0 saturated heterocycles. The Bertz CT molecular complexity index is 616. The number of hydrogen-bond donors (Lipinski definition) is 2. The Kier molecular flexibility index (Phi) is 7.48. The molecule has 2 aromatic rings. The fourth-order valence-corrected chi connectivity index (χ4v) is 2.99. The number of nitrogens with zero attached hydrogens (tertiary/aromatic N) is 1. The molecule has 1 aromatic carbocycles. The largest absolute Gasteiger partial charge is 0.347 e. The van der Waals surface area contributed by atoms with Gasteiger partial charge in [-0.2, -0.15) is 0 Å². The molecule has 0 bridgehead atoms. The molecule has 1 aromatic heterocycles. The molecule has 0 radical (unpaired) electrons. The average molecular weight is 405 g/mol. The van der Waals surface area contributed by atoms with Crippen molar-refractivity contribution in [1.82, 2.24) is 10.3 Å². The second kappa shape index (κ2) is 8.62. The lowest BCUT2D eigenvalue weighted by atomic mass is 10.2. The highest BCUT2D eigenvalue weighted by molar-refractivity contribution is 9.10. The van der Waals surface area contributed by atoms with Gasteiger partial charge in [0.2, 0.25) is 5.91 Å². The highest BCUT2D eigenvalue weighted by Gasteiger charge is 2.14. The van der Waals surface area contributed by atoms with E-state index < -0.39 is 0 Å². The summed E-state index contributed by atoms with van der Waals surface area (Å²) >= 11 is 4.97. The minimum Gasteiger partial charge on any atom is -0.347 e. The third kappa shape index (κ3) is 5.35. The van der Waals surface area contributed by atoms with Crippen molar-refractivity contribution in [3.8, 4) is 11.3 Å². The van der Waals surface area contributed by atoms with Crippen LogP contribution in [0, 0.1) is 0 Å². The number of benzene rings is 1. The smallest absolute Gasteiger partial charge is 0.222 e. The maximum Gasteiger partial charge on any atom is 0.222 e. The monoisotopic (exact) mass is 403 g/mol. The van der Waals surface area contributed by atoms with Gasteiger partial charge in [-0.15, -0.1) is 23.7 Å². The molecule has 2 atom stereocenters. The number of aromatic nitrogens is 1. The molecule has 1 heterocycles. The van der Waals surface area contributed by atoms with Crippen molar-refractivity contribution in [3.63, 3.8) is 0 Å². The molecule has 0 aliphatic heterocycles. The van der Waals surface area contributed by atoms with Crippen molar-refractivity contribution in [2.24, 2.45) is 5.73 Å². The van der Waals surface area contributed by atoms with Gasteiger partial charge in [-0.05, 0) is 26.0 Å². The van der Waals surface area contributed by atoms with E-state index in [1.165, 1.54) is 0 Å². The number of nitrogens with two attached hydrogens (primary N) is 1. The molecule has 4 nitrogen and oxygen atoms in total. The predicted octanol–water partition coefficient (Wildman–Crippen LogP) is 3.91. The van der Waals surface area contributed by atoms with Crippen molar-refractivity contribution in [1.29, 1.82) is 0 Å². The van der Waals surface area contributed by atoms with Crippen LogP contribution in [0.2, 0.25) is 0 Å². The predicted molar refractivity (Wildman–Crippen MR) is 97.3 cm³/mol. The lowest BCUT2D eigenvalue weighted by molar-refractivity contribution is -0.122. The van der Waals surface area contributed by atoms with E-state index in [9.17, 15) is 4.79 Å². The zero-order valence-electron chi connectivity index (χ0n) is 12.4. The summed E-state index contributed by atoms with van der Waals surface area (Å²) in [5.41, 5.74) is 7.61. The molecule has 0 fully saturated rings. The maximum absolute atomic E-state index is 11.7. The fraction of sp³-hybridized carbons (Fsp3) is 0.333. The van der Waals surface area contributed by atoms with E-state index in [2.05, 4.69) is 26.2 Å². The molecule has 7 heteroatoms. The van der Waals surface area contributed by atoms with Gasteiger partial charge >= 0.3 is 0 Å². The molecule has 3 N–H and O–H groups in total. The van der Waals surface area contributed by atoms with Crippen molar-refractivity contribution in [3.05, 3.63) is 39.1 Å². The molecule has 2 unspecified atom stereocenters. The summed E-state index contributed by atoms with van der Waals surface area (Å²) in [5, 5.41) is 5.82. The summed E-state index contributed by atoms with van der Waals surface area (Å²) in [5.74, 6) is -0.0436. The summed E-state index contributed by atoms with van der Waals surface area (Å²) in [6.45, 7) is 3.75. The number of carbonyl (C=O) groups is 1. The second-order valence-electron chi connectivity index (χ2n) is 5.05. The van der Waals surface area contributed by atoms with Crippen LogP contribution in [-0.4, -0.2) is 16.9 Å². The minimum atomic E-state index is -0.133. The lowest BCUT2D eigenvalue weighted by Crippen LogP contribution is -2.31. The summed E-state index contributed by atoms with van der Waals surface area (Å²) in [6, 6.07) is 7.77. The molecular formula is C15H19BrClN3OS. The molecule has 1 amide bonds. The Morgan fingerprint density at radius 1 is 1.36 bits per heavy atom. The van der Waals surface area contributed by atoms with Crippen molar-refractivity contribution in [2.45, 2.75) is 32.4 Å². The van der Waals surface area contributed by atoms with Crippen molar-refractivity contribution in [2.75, 3.05) is 0 Å². The molecule has 0 aliphatic carbocycles.